The lowest BCUT2D eigenvalue weighted by Gasteiger charge is -2.24. The average Bonchev–Trinajstić information content (AvgIpc) is 2.29. The SMILES string of the molecule is CCNS(=O)(=O)N(CCC(=N)N)c1ccccc1. The molecule has 0 saturated carbocycles. The monoisotopic (exact) mass is 270 g/mol. The summed E-state index contributed by atoms with van der Waals surface area (Å²) >= 11 is 0. The molecule has 4 N–H and O–H groups in total. The Bertz CT molecular complexity index is 487. The Hall–Kier alpha value is -1.60. The maximum Gasteiger partial charge on any atom is 0.301 e. The first-order valence-electron chi connectivity index (χ1n) is 5.62. The largest absolute Gasteiger partial charge is 0.388 e. The van der Waals surface area contributed by atoms with Gasteiger partial charge in [-0.2, -0.15) is 13.1 Å². The molecule has 0 radical (unpaired) electrons. The van der Waals surface area contributed by atoms with Crippen molar-refractivity contribution in [3.8, 4) is 0 Å². The molecule has 0 spiro atoms. The number of anilines is 1. The predicted octanol–water partition coefficient (Wildman–Crippen LogP) is 0.673. The summed E-state index contributed by atoms with van der Waals surface area (Å²) in [6.45, 7) is 2.17. The van der Waals surface area contributed by atoms with Gasteiger partial charge in [0.2, 0.25) is 0 Å². The van der Waals surface area contributed by atoms with Crippen LogP contribution in [-0.4, -0.2) is 27.3 Å². The standard InChI is InChI=1S/C11H18N4O2S/c1-2-14-18(16,17)15(9-8-11(12)13)10-6-4-3-5-7-10/h3-7,14H,2,8-9H2,1H3,(H3,12,13). The van der Waals surface area contributed by atoms with E-state index < -0.39 is 10.2 Å². The normalized spacial score (nSPS) is 11.2. The minimum absolute atomic E-state index is 0.0392. The lowest BCUT2D eigenvalue weighted by molar-refractivity contribution is 0.579. The van der Waals surface area contributed by atoms with Gasteiger partial charge in [0, 0.05) is 19.5 Å². The van der Waals surface area contributed by atoms with Gasteiger partial charge in [-0.05, 0) is 12.1 Å². The van der Waals surface area contributed by atoms with Crippen LogP contribution in [0.15, 0.2) is 30.3 Å². The van der Waals surface area contributed by atoms with Crippen molar-refractivity contribution in [3.63, 3.8) is 0 Å². The molecule has 0 bridgehead atoms. The fraction of sp³-hybridized carbons (Fsp3) is 0.364. The minimum atomic E-state index is -3.59. The summed E-state index contributed by atoms with van der Waals surface area (Å²) in [5.41, 5.74) is 5.83. The molecule has 0 aromatic heterocycles. The maximum atomic E-state index is 12.0. The molecule has 6 nitrogen and oxygen atoms in total. The molecule has 7 heteroatoms. The number of nitrogens with zero attached hydrogens (tertiary/aromatic N) is 1. The number of hydrogen-bond donors (Lipinski definition) is 3. The van der Waals surface area contributed by atoms with Gasteiger partial charge in [0.15, 0.2) is 0 Å². The highest BCUT2D eigenvalue weighted by Crippen LogP contribution is 2.16. The van der Waals surface area contributed by atoms with E-state index in [1.807, 2.05) is 6.07 Å². The Kier molecular flexibility index (Phi) is 5.11. The zero-order valence-electron chi connectivity index (χ0n) is 10.3. The van der Waals surface area contributed by atoms with Crippen molar-refractivity contribution in [1.29, 1.82) is 5.41 Å². The molecule has 0 unspecified atom stereocenters. The van der Waals surface area contributed by atoms with Crippen LogP contribution >= 0.6 is 0 Å². The number of para-hydroxylation sites is 1. The molecule has 0 amide bonds. The molecule has 0 aliphatic heterocycles. The third kappa shape index (κ3) is 4.01. The molecule has 1 aromatic rings. The Morgan fingerprint density at radius 3 is 2.50 bits per heavy atom. The number of amidine groups is 1. The van der Waals surface area contributed by atoms with Gasteiger partial charge in [0.05, 0.1) is 11.5 Å². The van der Waals surface area contributed by atoms with Crippen LogP contribution in [0.1, 0.15) is 13.3 Å². The molecule has 0 saturated heterocycles. The molecule has 0 fully saturated rings. The average molecular weight is 270 g/mol. The summed E-state index contributed by atoms with van der Waals surface area (Å²) in [7, 11) is -3.59. The van der Waals surface area contributed by atoms with E-state index in [4.69, 9.17) is 11.1 Å². The lowest BCUT2D eigenvalue weighted by Crippen LogP contribution is -2.42. The predicted molar refractivity (Wildman–Crippen MR) is 72.9 cm³/mol. The number of hydrogen-bond acceptors (Lipinski definition) is 3. The van der Waals surface area contributed by atoms with Gasteiger partial charge in [-0.15, -0.1) is 0 Å². The van der Waals surface area contributed by atoms with Gasteiger partial charge < -0.3 is 5.73 Å². The van der Waals surface area contributed by atoms with Crippen molar-refractivity contribution in [2.24, 2.45) is 5.73 Å². The fourth-order valence-corrected chi connectivity index (χ4v) is 2.72. The van der Waals surface area contributed by atoms with Crippen molar-refractivity contribution in [1.82, 2.24) is 4.72 Å². The van der Waals surface area contributed by atoms with Crippen molar-refractivity contribution in [2.75, 3.05) is 17.4 Å². The Balaban J connectivity index is 2.99. The van der Waals surface area contributed by atoms with Crippen LogP contribution in [0.3, 0.4) is 0 Å². The zero-order chi connectivity index (χ0) is 13.6. The van der Waals surface area contributed by atoms with Gasteiger partial charge >= 0.3 is 10.2 Å². The van der Waals surface area contributed by atoms with Crippen LogP contribution < -0.4 is 14.8 Å². The Labute approximate surface area is 107 Å². The van der Waals surface area contributed by atoms with Crippen molar-refractivity contribution in [3.05, 3.63) is 30.3 Å². The topological polar surface area (TPSA) is 99.3 Å². The van der Waals surface area contributed by atoms with Gasteiger partial charge in [0.25, 0.3) is 0 Å². The number of rotatable bonds is 7. The van der Waals surface area contributed by atoms with Crippen LogP contribution in [0.2, 0.25) is 0 Å². The molecule has 100 valence electrons. The second-order valence-electron chi connectivity index (χ2n) is 3.69. The van der Waals surface area contributed by atoms with Crippen LogP contribution in [0.25, 0.3) is 0 Å². The van der Waals surface area contributed by atoms with Gasteiger partial charge in [-0.1, -0.05) is 25.1 Å². The highest BCUT2D eigenvalue weighted by atomic mass is 32.2. The minimum Gasteiger partial charge on any atom is -0.388 e. The van der Waals surface area contributed by atoms with Crippen LogP contribution in [0, 0.1) is 5.41 Å². The quantitative estimate of drug-likeness (QED) is 0.501. The molecular weight excluding hydrogens is 252 g/mol. The van der Waals surface area contributed by atoms with E-state index in [0.717, 1.165) is 0 Å². The van der Waals surface area contributed by atoms with Gasteiger partial charge in [-0.3, -0.25) is 9.71 Å². The van der Waals surface area contributed by atoms with Gasteiger partial charge in [0.1, 0.15) is 0 Å². The highest BCUT2D eigenvalue weighted by Gasteiger charge is 2.21. The van der Waals surface area contributed by atoms with E-state index >= 15 is 0 Å². The molecule has 18 heavy (non-hydrogen) atoms. The number of nitrogens with two attached hydrogens (primary N) is 1. The number of benzene rings is 1. The van der Waals surface area contributed by atoms with Crippen LogP contribution in [0.4, 0.5) is 5.69 Å². The number of nitrogens with one attached hydrogen (secondary N) is 2. The van der Waals surface area contributed by atoms with E-state index in [9.17, 15) is 8.42 Å². The second kappa shape index (κ2) is 6.36. The van der Waals surface area contributed by atoms with Crippen molar-refractivity contribution in [2.45, 2.75) is 13.3 Å². The van der Waals surface area contributed by atoms with E-state index in [1.54, 1.807) is 31.2 Å². The Morgan fingerprint density at radius 1 is 1.39 bits per heavy atom. The van der Waals surface area contributed by atoms with E-state index in [0.29, 0.717) is 12.2 Å². The highest BCUT2D eigenvalue weighted by molar-refractivity contribution is 7.90. The van der Waals surface area contributed by atoms with Crippen molar-refractivity contribution >= 4 is 21.7 Å². The van der Waals surface area contributed by atoms with Gasteiger partial charge in [-0.25, -0.2) is 0 Å². The first-order valence-corrected chi connectivity index (χ1v) is 7.06. The smallest absolute Gasteiger partial charge is 0.301 e. The van der Waals surface area contributed by atoms with E-state index in [1.165, 1.54) is 4.31 Å². The first kappa shape index (κ1) is 14.5. The van der Waals surface area contributed by atoms with E-state index in [2.05, 4.69) is 4.72 Å². The molecular formula is C11H18N4O2S. The summed E-state index contributed by atoms with van der Waals surface area (Å²) in [5.74, 6) is -0.0392. The molecule has 0 aliphatic rings. The molecule has 1 rings (SSSR count). The van der Waals surface area contributed by atoms with Crippen molar-refractivity contribution < 1.29 is 8.42 Å². The molecule has 0 atom stereocenters. The van der Waals surface area contributed by atoms with Crippen LogP contribution in [0.5, 0.6) is 0 Å². The van der Waals surface area contributed by atoms with E-state index in [-0.39, 0.29) is 18.8 Å². The lowest BCUT2D eigenvalue weighted by atomic mass is 10.3. The third-order valence-corrected chi connectivity index (χ3v) is 3.87. The molecule has 0 aliphatic carbocycles. The summed E-state index contributed by atoms with van der Waals surface area (Å²) in [6, 6.07) is 8.74. The summed E-state index contributed by atoms with van der Waals surface area (Å²) in [4.78, 5) is 0. The maximum absolute atomic E-state index is 12.0. The summed E-state index contributed by atoms with van der Waals surface area (Å²) in [5, 5.41) is 7.19. The summed E-state index contributed by atoms with van der Waals surface area (Å²) < 4.78 is 27.7. The molecule has 0 heterocycles. The summed E-state index contributed by atoms with van der Waals surface area (Å²) in [6.07, 6.45) is 0.194. The first-order chi connectivity index (χ1) is 8.47. The fourth-order valence-electron chi connectivity index (χ4n) is 1.46. The second-order valence-corrected chi connectivity index (χ2v) is 5.37. The molecule has 1 aromatic carbocycles. The zero-order valence-corrected chi connectivity index (χ0v) is 11.1. The van der Waals surface area contributed by atoms with Crippen LogP contribution in [-0.2, 0) is 10.2 Å². The third-order valence-electron chi connectivity index (χ3n) is 2.25. The Morgan fingerprint density at radius 2 is 2.00 bits per heavy atom.